The first-order chi connectivity index (χ1) is 11.2. The normalized spacial score (nSPS) is 11.0. The Morgan fingerprint density at radius 3 is 2.65 bits per heavy atom. The fourth-order valence-corrected chi connectivity index (χ4v) is 2.86. The number of nitrogen functional groups attached to an aromatic ring is 1. The zero-order chi connectivity index (χ0) is 15.8. The molecule has 0 saturated carbocycles. The lowest BCUT2D eigenvalue weighted by Gasteiger charge is -2.13. The van der Waals surface area contributed by atoms with E-state index < -0.39 is 0 Å². The van der Waals surface area contributed by atoms with Crippen LogP contribution in [0.1, 0.15) is 0 Å². The molecule has 112 valence electrons. The molecule has 0 amide bonds. The fourth-order valence-electron chi connectivity index (χ4n) is 2.68. The number of fused-ring (bicyclic) bond motifs is 3. The molecule has 0 aliphatic rings. The number of hydrogen-bond acceptors (Lipinski definition) is 4. The summed E-state index contributed by atoms with van der Waals surface area (Å²) < 4.78 is 0. The molecule has 4 nitrogen and oxygen atoms in total. The van der Waals surface area contributed by atoms with Crippen LogP contribution in [0.5, 0.6) is 0 Å². The van der Waals surface area contributed by atoms with E-state index >= 15 is 0 Å². The van der Waals surface area contributed by atoms with Crippen molar-refractivity contribution in [3.05, 3.63) is 65.9 Å². The van der Waals surface area contributed by atoms with Gasteiger partial charge in [-0.2, -0.15) is 0 Å². The molecule has 0 saturated heterocycles. The van der Waals surface area contributed by atoms with Crippen molar-refractivity contribution in [3.63, 3.8) is 0 Å². The third kappa shape index (κ3) is 2.33. The maximum atomic E-state index is 6.25. The molecular weight excluding hydrogens is 308 g/mol. The Morgan fingerprint density at radius 2 is 1.78 bits per heavy atom. The number of para-hydroxylation sites is 2. The van der Waals surface area contributed by atoms with E-state index in [0.29, 0.717) is 16.5 Å². The molecule has 0 aliphatic heterocycles. The van der Waals surface area contributed by atoms with Gasteiger partial charge in [0, 0.05) is 28.6 Å². The smallest absolute Gasteiger partial charge is 0.139 e. The summed E-state index contributed by atoms with van der Waals surface area (Å²) in [5.41, 5.74) is 8.29. The highest BCUT2D eigenvalue weighted by atomic mass is 35.5. The van der Waals surface area contributed by atoms with Gasteiger partial charge in [-0.05, 0) is 24.3 Å². The van der Waals surface area contributed by atoms with Crippen LogP contribution in [-0.4, -0.2) is 9.97 Å². The predicted octanol–water partition coefficient (Wildman–Crippen LogP) is 4.76. The Morgan fingerprint density at radius 1 is 0.913 bits per heavy atom. The van der Waals surface area contributed by atoms with E-state index in [1.807, 2.05) is 54.7 Å². The molecule has 0 radical (unpaired) electrons. The number of nitrogens with two attached hydrogens (primary N) is 1. The Kier molecular flexibility index (Phi) is 3.24. The Balaban J connectivity index is 2.01. The molecule has 2 aromatic carbocycles. The summed E-state index contributed by atoms with van der Waals surface area (Å²) in [5.74, 6) is 0.709. The number of benzene rings is 2. The highest BCUT2D eigenvalue weighted by Crippen LogP contribution is 2.33. The number of nitrogens with one attached hydrogen (secondary N) is 1. The molecule has 0 bridgehead atoms. The topological polar surface area (TPSA) is 63.8 Å². The zero-order valence-electron chi connectivity index (χ0n) is 12.1. The molecule has 0 unspecified atom stereocenters. The van der Waals surface area contributed by atoms with Crippen molar-refractivity contribution in [2.75, 3.05) is 11.1 Å². The number of anilines is 3. The highest BCUT2D eigenvalue weighted by molar-refractivity contribution is 6.33. The Bertz CT molecular complexity index is 1030. The molecule has 0 fully saturated rings. The van der Waals surface area contributed by atoms with Crippen molar-refractivity contribution in [2.45, 2.75) is 0 Å². The van der Waals surface area contributed by atoms with E-state index in [2.05, 4.69) is 10.3 Å². The van der Waals surface area contributed by atoms with E-state index in [9.17, 15) is 0 Å². The van der Waals surface area contributed by atoms with Crippen molar-refractivity contribution in [1.82, 2.24) is 9.97 Å². The monoisotopic (exact) mass is 320 g/mol. The van der Waals surface area contributed by atoms with Gasteiger partial charge in [-0.25, -0.2) is 4.98 Å². The molecule has 0 atom stereocenters. The van der Waals surface area contributed by atoms with Crippen LogP contribution in [0.15, 0.2) is 60.9 Å². The minimum absolute atomic E-state index is 0.635. The second kappa shape index (κ2) is 5.41. The first-order valence-corrected chi connectivity index (χ1v) is 7.55. The lowest BCUT2D eigenvalue weighted by atomic mass is 10.1. The minimum atomic E-state index is 0.635. The van der Waals surface area contributed by atoms with Gasteiger partial charge in [0.1, 0.15) is 5.82 Å². The predicted molar refractivity (Wildman–Crippen MR) is 96.2 cm³/mol. The van der Waals surface area contributed by atoms with E-state index in [1.54, 1.807) is 6.20 Å². The zero-order valence-corrected chi connectivity index (χ0v) is 12.9. The number of pyridine rings is 2. The second-order valence-electron chi connectivity index (χ2n) is 5.23. The standard InChI is InChI=1S/C18H13ClN4/c19-14-5-1-2-7-16(14)22-18-12-8-9-21-10-13(12)11-4-3-6-15(20)17(11)23-18/h1-10H,20H2,(H,22,23). The average Bonchev–Trinajstić information content (AvgIpc) is 2.58. The first kappa shape index (κ1) is 13.8. The molecule has 2 aromatic heterocycles. The van der Waals surface area contributed by atoms with Gasteiger partial charge >= 0.3 is 0 Å². The molecular formula is C18H13ClN4. The minimum Gasteiger partial charge on any atom is -0.397 e. The van der Waals surface area contributed by atoms with Crippen LogP contribution in [0.4, 0.5) is 17.2 Å². The number of rotatable bonds is 2. The highest BCUT2D eigenvalue weighted by Gasteiger charge is 2.11. The van der Waals surface area contributed by atoms with Gasteiger partial charge in [-0.3, -0.25) is 4.98 Å². The molecule has 3 N–H and O–H groups in total. The van der Waals surface area contributed by atoms with E-state index in [1.165, 1.54) is 0 Å². The van der Waals surface area contributed by atoms with E-state index in [0.717, 1.165) is 27.4 Å². The Labute approximate surface area is 137 Å². The molecule has 4 rings (SSSR count). The van der Waals surface area contributed by atoms with Crippen LogP contribution in [-0.2, 0) is 0 Å². The number of nitrogens with zero attached hydrogens (tertiary/aromatic N) is 2. The fraction of sp³-hybridized carbons (Fsp3) is 0. The van der Waals surface area contributed by atoms with Crippen LogP contribution >= 0.6 is 11.6 Å². The molecule has 4 aromatic rings. The van der Waals surface area contributed by atoms with Crippen molar-refractivity contribution in [3.8, 4) is 0 Å². The quantitative estimate of drug-likeness (QED) is 0.413. The molecule has 23 heavy (non-hydrogen) atoms. The van der Waals surface area contributed by atoms with Crippen LogP contribution in [0, 0.1) is 0 Å². The summed E-state index contributed by atoms with van der Waals surface area (Å²) in [6, 6.07) is 15.3. The van der Waals surface area contributed by atoms with Crippen molar-refractivity contribution < 1.29 is 0 Å². The SMILES string of the molecule is Nc1cccc2c1nc(Nc1ccccc1Cl)c1ccncc12. The van der Waals surface area contributed by atoms with Crippen LogP contribution in [0.3, 0.4) is 0 Å². The van der Waals surface area contributed by atoms with Gasteiger partial charge in [-0.15, -0.1) is 0 Å². The third-order valence-corrected chi connectivity index (χ3v) is 4.11. The summed E-state index contributed by atoms with van der Waals surface area (Å²) in [7, 11) is 0. The van der Waals surface area contributed by atoms with Crippen molar-refractivity contribution >= 4 is 50.5 Å². The molecule has 0 spiro atoms. The lowest BCUT2D eigenvalue weighted by molar-refractivity contribution is 1.35. The van der Waals surface area contributed by atoms with Crippen LogP contribution < -0.4 is 11.1 Å². The number of hydrogen-bond donors (Lipinski definition) is 2. The average molecular weight is 321 g/mol. The van der Waals surface area contributed by atoms with Crippen LogP contribution in [0.25, 0.3) is 21.7 Å². The van der Waals surface area contributed by atoms with Gasteiger partial charge in [0.05, 0.1) is 21.9 Å². The number of halogens is 1. The third-order valence-electron chi connectivity index (χ3n) is 3.78. The summed E-state index contributed by atoms with van der Waals surface area (Å²) >= 11 is 6.25. The summed E-state index contributed by atoms with van der Waals surface area (Å²) in [6.45, 7) is 0. The largest absolute Gasteiger partial charge is 0.397 e. The first-order valence-electron chi connectivity index (χ1n) is 7.17. The summed E-state index contributed by atoms with van der Waals surface area (Å²) in [4.78, 5) is 8.95. The molecule has 2 heterocycles. The summed E-state index contributed by atoms with van der Waals surface area (Å²) in [5, 5.41) is 6.90. The lowest BCUT2D eigenvalue weighted by Crippen LogP contribution is -1.98. The molecule has 5 heteroatoms. The van der Waals surface area contributed by atoms with Crippen LogP contribution in [0.2, 0.25) is 5.02 Å². The maximum Gasteiger partial charge on any atom is 0.139 e. The van der Waals surface area contributed by atoms with Gasteiger partial charge in [0.25, 0.3) is 0 Å². The van der Waals surface area contributed by atoms with Gasteiger partial charge in [-0.1, -0.05) is 35.9 Å². The van der Waals surface area contributed by atoms with E-state index in [-0.39, 0.29) is 0 Å². The second-order valence-corrected chi connectivity index (χ2v) is 5.64. The van der Waals surface area contributed by atoms with Crippen molar-refractivity contribution in [2.24, 2.45) is 0 Å². The van der Waals surface area contributed by atoms with Gasteiger partial charge in [0.15, 0.2) is 0 Å². The number of aromatic nitrogens is 2. The van der Waals surface area contributed by atoms with Gasteiger partial charge < -0.3 is 11.1 Å². The Hall–Kier alpha value is -2.85. The van der Waals surface area contributed by atoms with Crippen molar-refractivity contribution in [1.29, 1.82) is 0 Å². The maximum absolute atomic E-state index is 6.25. The van der Waals surface area contributed by atoms with Gasteiger partial charge in [0.2, 0.25) is 0 Å². The summed E-state index contributed by atoms with van der Waals surface area (Å²) in [6.07, 6.45) is 3.58. The van der Waals surface area contributed by atoms with E-state index in [4.69, 9.17) is 22.3 Å². The molecule has 0 aliphatic carbocycles.